The van der Waals surface area contributed by atoms with Gasteiger partial charge in [-0.15, -0.1) is 0 Å². The van der Waals surface area contributed by atoms with Crippen LogP contribution >= 0.6 is 11.6 Å². The number of benzene rings is 2. The third-order valence-electron chi connectivity index (χ3n) is 5.74. The van der Waals surface area contributed by atoms with E-state index in [1.807, 2.05) is 0 Å². The summed E-state index contributed by atoms with van der Waals surface area (Å²) in [4.78, 5) is 13.0. The largest absolute Gasteiger partial charge is 0.366 e. The van der Waals surface area contributed by atoms with Gasteiger partial charge in [0.25, 0.3) is 5.91 Å². The fourth-order valence-corrected chi connectivity index (χ4v) is 5.82. The van der Waals surface area contributed by atoms with Crippen LogP contribution in [0.4, 0.5) is 4.39 Å². The summed E-state index contributed by atoms with van der Waals surface area (Å²) < 4.78 is 46.1. The van der Waals surface area contributed by atoms with Gasteiger partial charge in [-0.25, -0.2) is 12.8 Å². The number of sulfonamides is 1. The number of carbonyl (C=O) groups excluding carboxylic acids is 1. The molecule has 2 aliphatic rings. The topological polar surface area (TPSA) is 75.7 Å². The number of nitrogens with zero attached hydrogens (tertiary/aromatic N) is 1. The molecule has 6 nitrogen and oxygen atoms in total. The van der Waals surface area contributed by atoms with Crippen molar-refractivity contribution in [2.45, 2.75) is 35.8 Å². The van der Waals surface area contributed by atoms with Crippen molar-refractivity contribution in [3.63, 3.8) is 0 Å². The van der Waals surface area contributed by atoms with E-state index in [0.717, 1.165) is 24.8 Å². The molecular formula is C21H22ClFN2O4S. The van der Waals surface area contributed by atoms with E-state index in [1.165, 1.54) is 28.6 Å². The molecule has 2 aromatic carbocycles. The normalized spacial score (nSPS) is 21.6. The number of morpholine rings is 1. The molecule has 1 saturated carbocycles. The fourth-order valence-electron chi connectivity index (χ4n) is 3.90. The lowest BCUT2D eigenvalue weighted by Crippen LogP contribution is -2.58. The molecule has 0 bridgehead atoms. The Morgan fingerprint density at radius 2 is 1.87 bits per heavy atom. The van der Waals surface area contributed by atoms with Gasteiger partial charge in [0.05, 0.1) is 17.2 Å². The Kier molecular flexibility index (Phi) is 5.85. The molecule has 0 aromatic heterocycles. The third-order valence-corrected chi connectivity index (χ3v) is 8.11. The first kappa shape index (κ1) is 21.2. The molecule has 4 rings (SSSR count). The lowest BCUT2D eigenvalue weighted by atomic mass is 9.71. The lowest BCUT2D eigenvalue weighted by Gasteiger charge is -2.44. The van der Waals surface area contributed by atoms with Crippen LogP contribution in [-0.4, -0.2) is 44.4 Å². The van der Waals surface area contributed by atoms with E-state index in [4.69, 9.17) is 16.3 Å². The molecule has 2 fully saturated rings. The zero-order valence-electron chi connectivity index (χ0n) is 16.2. The minimum absolute atomic E-state index is 0.00880. The molecule has 0 spiro atoms. The lowest BCUT2D eigenvalue weighted by molar-refractivity contribution is -0.139. The molecule has 1 aliphatic carbocycles. The Morgan fingerprint density at radius 1 is 1.17 bits per heavy atom. The molecule has 1 atom stereocenters. The van der Waals surface area contributed by atoms with Crippen LogP contribution in [-0.2, 0) is 25.1 Å². The number of carbonyl (C=O) groups is 1. The number of rotatable bonds is 5. The Bertz CT molecular complexity index is 1040. The highest BCUT2D eigenvalue weighted by Crippen LogP contribution is 2.41. The first-order valence-electron chi connectivity index (χ1n) is 9.76. The van der Waals surface area contributed by atoms with E-state index in [-0.39, 0.29) is 41.3 Å². The van der Waals surface area contributed by atoms with Gasteiger partial charge >= 0.3 is 0 Å². The van der Waals surface area contributed by atoms with E-state index >= 15 is 0 Å². The SMILES string of the molecule is O=C(NC1(c2ccc(F)cc2)CCC1)[C@H]1CN(S(=O)(=O)c2ccccc2Cl)CCO1. The minimum Gasteiger partial charge on any atom is -0.366 e. The Hall–Kier alpha value is -2.00. The number of nitrogens with one attached hydrogen (secondary N) is 1. The van der Waals surface area contributed by atoms with Gasteiger partial charge in [0, 0.05) is 13.1 Å². The van der Waals surface area contributed by atoms with E-state index in [2.05, 4.69) is 5.32 Å². The van der Waals surface area contributed by atoms with Gasteiger partial charge < -0.3 is 10.1 Å². The van der Waals surface area contributed by atoms with Gasteiger partial charge in [-0.2, -0.15) is 4.31 Å². The Morgan fingerprint density at radius 3 is 2.50 bits per heavy atom. The van der Waals surface area contributed by atoms with Crippen molar-refractivity contribution >= 4 is 27.5 Å². The van der Waals surface area contributed by atoms with E-state index in [1.54, 1.807) is 24.3 Å². The van der Waals surface area contributed by atoms with Crippen LogP contribution in [0.3, 0.4) is 0 Å². The van der Waals surface area contributed by atoms with Gasteiger partial charge in [0.2, 0.25) is 10.0 Å². The summed E-state index contributed by atoms with van der Waals surface area (Å²) in [5.74, 6) is -0.714. The average molecular weight is 453 g/mol. The van der Waals surface area contributed by atoms with E-state index in [0.29, 0.717) is 0 Å². The summed E-state index contributed by atoms with van der Waals surface area (Å²) in [5, 5.41) is 3.16. The molecule has 1 heterocycles. The van der Waals surface area contributed by atoms with Crippen LogP contribution in [0, 0.1) is 5.82 Å². The first-order valence-corrected chi connectivity index (χ1v) is 11.6. The average Bonchev–Trinajstić information content (AvgIpc) is 2.71. The molecule has 1 amide bonds. The zero-order chi connectivity index (χ0) is 21.4. The molecule has 1 saturated heterocycles. The van der Waals surface area contributed by atoms with Crippen molar-refractivity contribution in [3.8, 4) is 0 Å². The molecular weight excluding hydrogens is 431 g/mol. The summed E-state index contributed by atoms with van der Waals surface area (Å²) in [5.41, 5.74) is 0.262. The molecule has 2 aromatic rings. The second-order valence-corrected chi connectivity index (χ2v) is 9.90. The second kappa shape index (κ2) is 8.26. The van der Waals surface area contributed by atoms with Gasteiger partial charge in [-0.3, -0.25) is 4.79 Å². The maximum absolute atomic E-state index is 13.3. The number of amides is 1. The fraction of sp³-hybridized carbons (Fsp3) is 0.381. The number of hydrogen-bond acceptors (Lipinski definition) is 4. The van der Waals surface area contributed by atoms with Crippen molar-refractivity contribution in [2.24, 2.45) is 0 Å². The van der Waals surface area contributed by atoms with E-state index in [9.17, 15) is 17.6 Å². The van der Waals surface area contributed by atoms with Crippen LogP contribution < -0.4 is 5.32 Å². The van der Waals surface area contributed by atoms with Crippen molar-refractivity contribution in [2.75, 3.05) is 19.7 Å². The number of halogens is 2. The monoisotopic (exact) mass is 452 g/mol. The second-order valence-electron chi connectivity index (χ2n) is 7.58. The predicted molar refractivity (Wildman–Crippen MR) is 110 cm³/mol. The van der Waals surface area contributed by atoms with E-state index < -0.39 is 21.7 Å². The maximum atomic E-state index is 13.3. The van der Waals surface area contributed by atoms with Crippen LogP contribution in [0.25, 0.3) is 0 Å². The summed E-state index contributed by atoms with van der Waals surface area (Å²) in [6, 6.07) is 12.3. The number of hydrogen-bond donors (Lipinski definition) is 1. The van der Waals surface area contributed by atoms with Crippen molar-refractivity contribution in [1.29, 1.82) is 0 Å². The molecule has 1 aliphatic heterocycles. The van der Waals surface area contributed by atoms with Crippen LogP contribution in [0.1, 0.15) is 24.8 Å². The van der Waals surface area contributed by atoms with Crippen molar-refractivity contribution in [1.82, 2.24) is 9.62 Å². The van der Waals surface area contributed by atoms with Gasteiger partial charge in [-0.1, -0.05) is 35.9 Å². The molecule has 30 heavy (non-hydrogen) atoms. The summed E-state index contributed by atoms with van der Waals surface area (Å²) in [6.07, 6.45) is 1.47. The van der Waals surface area contributed by atoms with Gasteiger partial charge in [-0.05, 0) is 49.1 Å². The standard InChI is InChI=1S/C21H22ClFN2O4S/c22-17-4-1-2-5-19(17)30(27,28)25-12-13-29-18(14-25)20(26)24-21(10-3-11-21)15-6-8-16(23)9-7-15/h1-2,4-9,18H,3,10-14H2,(H,24,26)/t18-/m1/s1. The van der Waals surface area contributed by atoms with Crippen molar-refractivity contribution in [3.05, 3.63) is 64.9 Å². The van der Waals surface area contributed by atoms with Crippen molar-refractivity contribution < 1.29 is 22.3 Å². The molecule has 9 heteroatoms. The molecule has 1 N–H and O–H groups in total. The highest BCUT2D eigenvalue weighted by molar-refractivity contribution is 7.89. The van der Waals surface area contributed by atoms with Gasteiger partial charge in [0.15, 0.2) is 0 Å². The summed E-state index contributed by atoms with van der Waals surface area (Å²) >= 11 is 6.08. The molecule has 0 radical (unpaired) electrons. The Balaban J connectivity index is 1.50. The smallest absolute Gasteiger partial charge is 0.251 e. The molecule has 0 unspecified atom stereocenters. The quantitative estimate of drug-likeness (QED) is 0.756. The first-order chi connectivity index (χ1) is 14.3. The summed E-state index contributed by atoms with van der Waals surface area (Å²) in [7, 11) is -3.85. The van der Waals surface area contributed by atoms with Crippen LogP contribution in [0.15, 0.2) is 53.4 Å². The number of ether oxygens (including phenoxy) is 1. The molecule has 160 valence electrons. The Labute approximate surface area is 180 Å². The predicted octanol–water partition coefficient (Wildman–Crippen LogP) is 3.06. The third kappa shape index (κ3) is 3.97. The summed E-state index contributed by atoms with van der Waals surface area (Å²) in [6.45, 7) is 0.143. The van der Waals surface area contributed by atoms with Crippen LogP contribution in [0.5, 0.6) is 0 Å². The maximum Gasteiger partial charge on any atom is 0.251 e. The van der Waals surface area contributed by atoms with Crippen LogP contribution in [0.2, 0.25) is 5.02 Å². The highest BCUT2D eigenvalue weighted by atomic mass is 35.5. The zero-order valence-corrected chi connectivity index (χ0v) is 17.8. The minimum atomic E-state index is -3.85. The highest BCUT2D eigenvalue weighted by Gasteiger charge is 2.43. The van der Waals surface area contributed by atoms with Gasteiger partial charge in [0.1, 0.15) is 16.8 Å².